The fraction of sp³-hybridized carbons (Fsp3) is 0.333. The van der Waals surface area contributed by atoms with Gasteiger partial charge in [0.2, 0.25) is 0 Å². The number of ketones is 1. The first-order valence-corrected chi connectivity index (χ1v) is 9.43. The summed E-state index contributed by atoms with van der Waals surface area (Å²) in [7, 11) is 1.50. The maximum Gasteiger partial charge on any atom is 0.321 e. The van der Waals surface area contributed by atoms with Gasteiger partial charge in [0.05, 0.1) is 22.7 Å². The van der Waals surface area contributed by atoms with Crippen molar-refractivity contribution < 1.29 is 23.8 Å². The van der Waals surface area contributed by atoms with E-state index in [9.17, 15) is 9.59 Å². The molecule has 2 aromatic carbocycles. The van der Waals surface area contributed by atoms with E-state index in [4.69, 9.17) is 37.4 Å². The standard InChI is InChI=1S/C21H20Cl2O5/c1-21(2,3)28-20(25)17-18(24)13-10-12(26-4)6-8-16(13)27-19(17)11-5-7-14(22)15(23)9-11/h5-10,17,19H,1-4H3. The molecule has 0 saturated heterocycles. The van der Waals surface area contributed by atoms with Crippen LogP contribution in [-0.4, -0.2) is 24.5 Å². The van der Waals surface area contributed by atoms with Gasteiger partial charge in [-0.15, -0.1) is 0 Å². The first-order valence-electron chi connectivity index (χ1n) is 8.67. The summed E-state index contributed by atoms with van der Waals surface area (Å²) in [5, 5.41) is 0.671. The second-order valence-electron chi connectivity index (χ2n) is 7.45. The second kappa shape index (κ2) is 7.64. The molecule has 0 aromatic heterocycles. The van der Waals surface area contributed by atoms with Crippen molar-refractivity contribution in [1.82, 2.24) is 0 Å². The Kier molecular flexibility index (Phi) is 5.60. The highest BCUT2D eigenvalue weighted by Crippen LogP contribution is 2.42. The van der Waals surface area contributed by atoms with E-state index in [0.29, 0.717) is 27.1 Å². The summed E-state index contributed by atoms with van der Waals surface area (Å²) in [5.41, 5.74) is 0.0698. The molecule has 5 nitrogen and oxygen atoms in total. The number of esters is 1. The van der Waals surface area contributed by atoms with Gasteiger partial charge in [-0.1, -0.05) is 29.3 Å². The van der Waals surface area contributed by atoms with Crippen LogP contribution in [0.25, 0.3) is 0 Å². The fourth-order valence-electron chi connectivity index (χ4n) is 2.99. The summed E-state index contributed by atoms with van der Waals surface area (Å²) in [5.74, 6) is -1.39. The Morgan fingerprint density at radius 3 is 2.39 bits per heavy atom. The van der Waals surface area contributed by atoms with Gasteiger partial charge in [0.1, 0.15) is 23.2 Å². The summed E-state index contributed by atoms with van der Waals surface area (Å²) in [6.45, 7) is 5.22. The van der Waals surface area contributed by atoms with Crippen molar-refractivity contribution in [2.45, 2.75) is 32.5 Å². The molecule has 7 heteroatoms. The normalized spacial score (nSPS) is 18.9. The summed E-state index contributed by atoms with van der Waals surface area (Å²) in [6.07, 6.45) is -0.891. The van der Waals surface area contributed by atoms with Crippen molar-refractivity contribution in [3.8, 4) is 11.5 Å². The summed E-state index contributed by atoms with van der Waals surface area (Å²) in [6, 6.07) is 9.75. The Morgan fingerprint density at radius 1 is 1.07 bits per heavy atom. The number of halogens is 2. The lowest BCUT2D eigenvalue weighted by Gasteiger charge is -2.33. The predicted molar refractivity (Wildman–Crippen MR) is 106 cm³/mol. The first kappa shape index (κ1) is 20.5. The maximum atomic E-state index is 13.3. The van der Waals surface area contributed by atoms with Gasteiger partial charge in [-0.25, -0.2) is 0 Å². The number of carbonyl (C=O) groups is 2. The van der Waals surface area contributed by atoms with E-state index in [1.807, 2.05) is 0 Å². The Balaban J connectivity index is 2.09. The van der Waals surface area contributed by atoms with Gasteiger partial charge in [0.25, 0.3) is 0 Å². The maximum absolute atomic E-state index is 13.3. The first-order chi connectivity index (χ1) is 13.1. The van der Waals surface area contributed by atoms with E-state index in [2.05, 4.69) is 0 Å². The molecule has 2 unspecified atom stereocenters. The van der Waals surface area contributed by atoms with E-state index in [0.717, 1.165) is 0 Å². The number of fused-ring (bicyclic) bond motifs is 1. The van der Waals surface area contributed by atoms with E-state index in [1.165, 1.54) is 7.11 Å². The molecule has 148 valence electrons. The quantitative estimate of drug-likeness (QED) is 0.497. The van der Waals surface area contributed by atoms with Gasteiger partial charge < -0.3 is 14.2 Å². The molecular weight excluding hydrogens is 403 g/mol. The molecular formula is C21H20Cl2O5. The van der Waals surface area contributed by atoms with Crippen molar-refractivity contribution in [1.29, 1.82) is 0 Å². The highest BCUT2D eigenvalue weighted by Gasteiger charge is 2.45. The van der Waals surface area contributed by atoms with Crippen LogP contribution in [0.3, 0.4) is 0 Å². The zero-order chi connectivity index (χ0) is 20.6. The molecule has 2 atom stereocenters. The van der Waals surface area contributed by atoms with Gasteiger partial charge in [-0.05, 0) is 56.7 Å². The largest absolute Gasteiger partial charge is 0.497 e. The van der Waals surface area contributed by atoms with Crippen LogP contribution >= 0.6 is 23.2 Å². The van der Waals surface area contributed by atoms with E-state index < -0.39 is 29.4 Å². The minimum atomic E-state index is -1.18. The molecule has 3 rings (SSSR count). The fourth-order valence-corrected chi connectivity index (χ4v) is 3.29. The van der Waals surface area contributed by atoms with E-state index in [1.54, 1.807) is 57.2 Å². The number of hydrogen-bond acceptors (Lipinski definition) is 5. The third kappa shape index (κ3) is 4.10. The van der Waals surface area contributed by atoms with Gasteiger partial charge in [-0.3, -0.25) is 9.59 Å². The Hall–Kier alpha value is -2.24. The van der Waals surface area contributed by atoms with Crippen LogP contribution in [0.1, 0.15) is 42.8 Å². The summed E-state index contributed by atoms with van der Waals surface area (Å²) >= 11 is 12.1. The monoisotopic (exact) mass is 422 g/mol. The van der Waals surface area contributed by atoms with Crippen LogP contribution in [-0.2, 0) is 9.53 Å². The molecule has 0 saturated carbocycles. The van der Waals surface area contributed by atoms with Crippen LogP contribution in [0.15, 0.2) is 36.4 Å². The third-order valence-corrected chi connectivity index (χ3v) is 4.96. The Labute approximate surface area is 173 Å². The van der Waals surface area contributed by atoms with Crippen molar-refractivity contribution in [3.05, 3.63) is 57.6 Å². The number of methoxy groups -OCH3 is 1. The van der Waals surface area contributed by atoms with E-state index in [-0.39, 0.29) is 5.56 Å². The average Bonchev–Trinajstić information content (AvgIpc) is 2.62. The number of ether oxygens (including phenoxy) is 3. The minimum Gasteiger partial charge on any atom is -0.497 e. The van der Waals surface area contributed by atoms with Crippen molar-refractivity contribution in [2.75, 3.05) is 7.11 Å². The molecule has 28 heavy (non-hydrogen) atoms. The minimum absolute atomic E-state index is 0.270. The summed E-state index contributed by atoms with van der Waals surface area (Å²) in [4.78, 5) is 26.2. The number of Topliss-reactive ketones (excluding diaryl/α,β-unsaturated/α-hetero) is 1. The Morgan fingerprint density at radius 2 is 1.79 bits per heavy atom. The van der Waals surface area contributed by atoms with Gasteiger partial charge in [0.15, 0.2) is 11.7 Å². The van der Waals surface area contributed by atoms with Crippen LogP contribution in [0.2, 0.25) is 10.0 Å². The van der Waals surface area contributed by atoms with Gasteiger partial charge in [0, 0.05) is 0 Å². The highest BCUT2D eigenvalue weighted by molar-refractivity contribution is 6.42. The van der Waals surface area contributed by atoms with Crippen LogP contribution in [0, 0.1) is 5.92 Å². The smallest absolute Gasteiger partial charge is 0.321 e. The van der Waals surface area contributed by atoms with Crippen molar-refractivity contribution in [2.24, 2.45) is 5.92 Å². The Bertz CT molecular complexity index is 933. The van der Waals surface area contributed by atoms with Crippen LogP contribution in [0.4, 0.5) is 0 Å². The number of hydrogen-bond donors (Lipinski definition) is 0. The molecule has 1 aliphatic heterocycles. The summed E-state index contributed by atoms with van der Waals surface area (Å²) < 4.78 is 16.7. The van der Waals surface area contributed by atoms with Crippen molar-refractivity contribution in [3.63, 3.8) is 0 Å². The molecule has 0 radical (unpaired) electrons. The number of carbonyl (C=O) groups excluding carboxylic acids is 2. The lowest BCUT2D eigenvalue weighted by Crippen LogP contribution is -2.40. The zero-order valence-electron chi connectivity index (χ0n) is 15.9. The third-order valence-electron chi connectivity index (χ3n) is 4.22. The molecule has 0 N–H and O–H groups in total. The topological polar surface area (TPSA) is 61.8 Å². The lowest BCUT2D eigenvalue weighted by molar-refractivity contribution is -0.161. The van der Waals surface area contributed by atoms with E-state index >= 15 is 0 Å². The molecule has 0 fully saturated rings. The molecule has 0 spiro atoms. The SMILES string of the molecule is COc1ccc2c(c1)C(=O)C(C(=O)OC(C)(C)C)C(c1ccc(Cl)c(Cl)c1)O2. The molecule has 0 amide bonds. The molecule has 0 aliphatic carbocycles. The second-order valence-corrected chi connectivity index (χ2v) is 8.26. The van der Waals surface area contributed by atoms with Crippen LogP contribution in [0.5, 0.6) is 11.5 Å². The number of benzene rings is 2. The average molecular weight is 423 g/mol. The zero-order valence-corrected chi connectivity index (χ0v) is 17.4. The molecule has 0 bridgehead atoms. The van der Waals surface area contributed by atoms with Crippen molar-refractivity contribution >= 4 is 35.0 Å². The van der Waals surface area contributed by atoms with Gasteiger partial charge in [-0.2, -0.15) is 0 Å². The molecule has 1 heterocycles. The van der Waals surface area contributed by atoms with Gasteiger partial charge >= 0.3 is 5.97 Å². The highest BCUT2D eigenvalue weighted by atomic mass is 35.5. The molecule has 2 aromatic rings. The number of rotatable bonds is 3. The van der Waals surface area contributed by atoms with Crippen LogP contribution < -0.4 is 9.47 Å². The lowest BCUT2D eigenvalue weighted by atomic mass is 9.85. The predicted octanol–water partition coefficient (Wildman–Crippen LogP) is 5.28. The molecule has 1 aliphatic rings.